The minimum absolute atomic E-state index is 0.602. The average molecular weight is 357 g/mol. The van der Waals surface area contributed by atoms with Gasteiger partial charge in [0.25, 0.3) is 0 Å². The Morgan fingerprint density at radius 2 is 1.16 bits per heavy atom. The van der Waals surface area contributed by atoms with Crippen molar-refractivity contribution in [3.05, 3.63) is 0 Å². The first kappa shape index (κ1) is 20.4. The van der Waals surface area contributed by atoms with Gasteiger partial charge in [-0.15, -0.1) is 0 Å². The molecular weight excluding hydrogens is 319 g/mol. The van der Waals surface area contributed by atoms with Crippen LogP contribution < -0.4 is 10.3 Å². The van der Waals surface area contributed by atoms with E-state index in [4.69, 9.17) is 5.50 Å². The maximum atomic E-state index is 7.50. The molecule has 0 aliphatic carbocycles. The summed E-state index contributed by atoms with van der Waals surface area (Å²) >= 11 is 2.15. The molecule has 0 radical (unpaired) electrons. The fourth-order valence-electron chi connectivity index (χ4n) is 2.79. The van der Waals surface area contributed by atoms with E-state index < -0.39 is 28.9 Å². The van der Waals surface area contributed by atoms with Crippen molar-refractivity contribution < 1.29 is 0 Å². The predicted octanol–water partition coefficient (Wildman–Crippen LogP) is 5.48. The van der Waals surface area contributed by atoms with Crippen LogP contribution in [-0.4, -0.2) is 29.0 Å². The summed E-state index contributed by atoms with van der Waals surface area (Å²) in [6, 6.07) is 0. The van der Waals surface area contributed by atoms with Crippen LogP contribution >= 0.6 is 16.6 Å². The molecule has 0 bridgehead atoms. The van der Waals surface area contributed by atoms with Gasteiger partial charge in [-0.3, -0.25) is 0 Å². The molecule has 0 spiro atoms. The summed E-state index contributed by atoms with van der Waals surface area (Å²) in [4.78, 5) is 0. The fourth-order valence-corrected chi connectivity index (χ4v) is 67.7. The van der Waals surface area contributed by atoms with Gasteiger partial charge in [0, 0.05) is 0 Å². The summed E-state index contributed by atoms with van der Waals surface area (Å²) in [5, 5.41) is -1.79. The molecule has 0 aromatic heterocycles. The standard InChI is InChI=1S/C12H37N2PSSi3/c1-12(2)16-15(13,18(6,7)8,19(9,10)11)14-17(3,4)5/h12,14H,13H2,1-11H3. The zero-order valence-electron chi connectivity index (χ0n) is 15.0. The Balaban J connectivity index is 6.21. The Bertz CT molecular complexity index is 315. The summed E-state index contributed by atoms with van der Waals surface area (Å²) in [5.74, 6) is 0. The molecule has 0 heterocycles. The molecular formula is C12H37N2PSSi3. The van der Waals surface area contributed by atoms with E-state index in [-0.39, 0.29) is 0 Å². The summed E-state index contributed by atoms with van der Waals surface area (Å²) in [7, 11) is -4.44. The van der Waals surface area contributed by atoms with Crippen molar-refractivity contribution in [2.24, 2.45) is 5.50 Å². The number of nitrogens with two attached hydrogens (primary N) is 1. The van der Waals surface area contributed by atoms with Crippen molar-refractivity contribution in [1.29, 1.82) is 0 Å². The third kappa shape index (κ3) is 3.96. The van der Waals surface area contributed by atoms with Crippen LogP contribution in [0.25, 0.3) is 0 Å². The van der Waals surface area contributed by atoms with E-state index in [1.54, 1.807) is 0 Å². The normalized spacial score (nSPS) is 17.4. The van der Waals surface area contributed by atoms with E-state index >= 15 is 0 Å². The molecule has 0 atom stereocenters. The molecule has 19 heavy (non-hydrogen) atoms. The Morgan fingerprint density at radius 1 is 0.842 bits per heavy atom. The van der Waals surface area contributed by atoms with Crippen molar-refractivity contribution in [2.45, 2.75) is 78.0 Å². The van der Waals surface area contributed by atoms with E-state index in [0.717, 1.165) is 0 Å². The fraction of sp³-hybridized carbons (Fsp3) is 1.00. The van der Waals surface area contributed by atoms with Crippen molar-refractivity contribution in [3.8, 4) is 0 Å². The molecule has 0 saturated heterocycles. The second kappa shape index (κ2) is 5.52. The first-order valence-electron chi connectivity index (χ1n) is 7.25. The molecule has 0 fully saturated rings. The summed E-state index contributed by atoms with van der Waals surface area (Å²) < 4.78 is 4.19. The van der Waals surface area contributed by atoms with Crippen molar-refractivity contribution >= 4 is 40.3 Å². The van der Waals surface area contributed by atoms with Gasteiger partial charge >= 0.3 is 129 Å². The minimum atomic E-state index is -2.39. The molecule has 0 aromatic rings. The topological polar surface area (TPSA) is 38.0 Å². The summed E-state index contributed by atoms with van der Waals surface area (Å²) in [6.45, 7) is 26.8. The van der Waals surface area contributed by atoms with Gasteiger partial charge in [0.2, 0.25) is 0 Å². The Kier molecular flexibility index (Phi) is 5.91. The molecule has 0 amide bonds. The van der Waals surface area contributed by atoms with E-state index in [2.05, 4.69) is 88.9 Å². The zero-order valence-corrected chi connectivity index (χ0v) is 19.7. The molecule has 0 aliphatic rings. The van der Waals surface area contributed by atoms with Gasteiger partial charge in [-0.05, 0) is 0 Å². The molecule has 2 nitrogen and oxygen atoms in total. The second-order valence-corrected chi connectivity index (χ2v) is 46.2. The molecule has 0 saturated carbocycles. The van der Waals surface area contributed by atoms with Crippen LogP contribution in [0.5, 0.6) is 0 Å². The first-order valence-corrected chi connectivity index (χ1v) is 23.2. The molecule has 118 valence electrons. The van der Waals surface area contributed by atoms with Crippen LogP contribution in [0, 0.1) is 0 Å². The number of nitrogens with one attached hydrogen (secondary N) is 1. The van der Waals surface area contributed by atoms with Gasteiger partial charge in [-0.1, -0.05) is 0 Å². The Hall–Kier alpha value is 1.35. The Labute approximate surface area is 128 Å². The van der Waals surface area contributed by atoms with E-state index in [0.29, 0.717) is 5.25 Å². The van der Waals surface area contributed by atoms with E-state index in [1.165, 1.54) is 0 Å². The van der Waals surface area contributed by atoms with Crippen LogP contribution in [0.15, 0.2) is 0 Å². The van der Waals surface area contributed by atoms with Crippen molar-refractivity contribution in [1.82, 2.24) is 4.75 Å². The Morgan fingerprint density at radius 3 is 1.32 bits per heavy atom. The molecule has 0 aromatic carbocycles. The van der Waals surface area contributed by atoms with Gasteiger partial charge in [0.1, 0.15) is 0 Å². The quantitative estimate of drug-likeness (QED) is 0.489. The van der Waals surface area contributed by atoms with Crippen molar-refractivity contribution in [3.63, 3.8) is 0 Å². The number of hydrogen-bond acceptors (Lipinski definition) is 3. The van der Waals surface area contributed by atoms with Gasteiger partial charge < -0.3 is 0 Å². The second-order valence-electron chi connectivity index (χ2n) is 8.96. The average Bonchev–Trinajstić information content (AvgIpc) is 1.92. The van der Waals surface area contributed by atoms with Crippen LogP contribution in [0.3, 0.4) is 0 Å². The first-order chi connectivity index (χ1) is 7.94. The predicted molar refractivity (Wildman–Crippen MR) is 107 cm³/mol. The number of rotatable bonds is 6. The summed E-state index contributed by atoms with van der Waals surface area (Å²) in [6.07, 6.45) is 0. The summed E-state index contributed by atoms with van der Waals surface area (Å²) in [5.41, 5.74) is 7.50. The van der Waals surface area contributed by atoms with E-state index in [9.17, 15) is 0 Å². The van der Waals surface area contributed by atoms with Crippen LogP contribution in [-0.2, 0) is 0 Å². The van der Waals surface area contributed by atoms with Gasteiger partial charge in [-0.25, -0.2) is 0 Å². The molecule has 7 heteroatoms. The maximum absolute atomic E-state index is 7.50. The molecule has 0 aliphatic heterocycles. The zero-order chi connectivity index (χ0) is 15.9. The van der Waals surface area contributed by atoms with Crippen molar-refractivity contribution in [2.75, 3.05) is 0 Å². The van der Waals surface area contributed by atoms with Crippen LogP contribution in [0.4, 0.5) is 0 Å². The van der Waals surface area contributed by atoms with Gasteiger partial charge in [-0.2, -0.15) is 0 Å². The van der Waals surface area contributed by atoms with Crippen LogP contribution in [0.2, 0.25) is 58.9 Å². The van der Waals surface area contributed by atoms with Crippen LogP contribution in [0.1, 0.15) is 13.8 Å². The van der Waals surface area contributed by atoms with Gasteiger partial charge in [0.15, 0.2) is 0 Å². The molecule has 0 rings (SSSR count). The number of hydrogen-bond donors (Lipinski definition) is 2. The molecule has 0 unspecified atom stereocenters. The third-order valence-electron chi connectivity index (χ3n) is 3.65. The molecule has 3 N–H and O–H groups in total. The SMILES string of the molecule is CC(C)SP(N)(N[Si](C)(C)C)([Si](C)(C)C)[Si](C)(C)C. The van der Waals surface area contributed by atoms with E-state index in [1.807, 2.05) is 0 Å². The third-order valence-corrected chi connectivity index (χ3v) is 59.5. The van der Waals surface area contributed by atoms with Gasteiger partial charge in [0.05, 0.1) is 0 Å². The monoisotopic (exact) mass is 356 g/mol.